The number of hydrogen-bond acceptors (Lipinski definition) is 6. The van der Waals surface area contributed by atoms with Gasteiger partial charge in [-0.25, -0.2) is 0 Å². The fourth-order valence-corrected chi connectivity index (χ4v) is 4.79. The van der Waals surface area contributed by atoms with E-state index in [1.165, 1.54) is 23.1 Å². The van der Waals surface area contributed by atoms with Crippen molar-refractivity contribution in [2.75, 3.05) is 11.1 Å². The molecule has 4 rings (SSSR count). The minimum atomic E-state index is -0.157. The van der Waals surface area contributed by atoms with Crippen LogP contribution in [0.15, 0.2) is 65.1 Å². The van der Waals surface area contributed by atoms with Gasteiger partial charge >= 0.3 is 0 Å². The monoisotopic (exact) mass is 491 g/mol. The van der Waals surface area contributed by atoms with Gasteiger partial charge in [-0.2, -0.15) is 0 Å². The van der Waals surface area contributed by atoms with Crippen LogP contribution in [0.25, 0.3) is 5.69 Å². The molecule has 7 nitrogen and oxygen atoms in total. The van der Waals surface area contributed by atoms with Gasteiger partial charge < -0.3 is 10.6 Å². The molecule has 0 spiro atoms. The summed E-state index contributed by atoms with van der Waals surface area (Å²) in [6, 6.07) is 17.5. The van der Waals surface area contributed by atoms with Crippen molar-refractivity contribution in [2.45, 2.75) is 32.5 Å². The Balaban J connectivity index is 1.51. The number of thiophene rings is 1. The molecule has 174 valence electrons. The third-order valence-corrected chi connectivity index (χ3v) is 6.91. The van der Waals surface area contributed by atoms with Crippen molar-refractivity contribution in [1.82, 2.24) is 20.1 Å². The van der Waals surface area contributed by atoms with Crippen LogP contribution in [-0.4, -0.2) is 32.3 Å². The summed E-state index contributed by atoms with van der Waals surface area (Å²) in [6.45, 7) is 6.18. The molecule has 9 heteroatoms. The normalized spacial score (nSPS) is 10.8. The lowest BCUT2D eigenvalue weighted by Crippen LogP contribution is -2.24. The zero-order valence-corrected chi connectivity index (χ0v) is 20.8. The molecule has 2 heterocycles. The largest absolute Gasteiger partial charge is 0.344 e. The number of anilines is 1. The molecule has 0 saturated heterocycles. The van der Waals surface area contributed by atoms with Crippen LogP contribution < -0.4 is 10.6 Å². The fourth-order valence-electron chi connectivity index (χ4n) is 3.38. The van der Waals surface area contributed by atoms with Gasteiger partial charge in [0.2, 0.25) is 5.91 Å². The highest BCUT2D eigenvalue weighted by molar-refractivity contribution is 7.99. The lowest BCUT2D eigenvalue weighted by Gasteiger charge is -2.12. The topological polar surface area (TPSA) is 88.9 Å². The Kier molecular flexibility index (Phi) is 7.44. The molecule has 0 fully saturated rings. The Labute approximate surface area is 206 Å². The number of amides is 2. The van der Waals surface area contributed by atoms with E-state index < -0.39 is 0 Å². The van der Waals surface area contributed by atoms with Crippen LogP contribution in [-0.2, 0) is 11.3 Å². The second-order valence-corrected chi connectivity index (χ2v) is 9.78. The van der Waals surface area contributed by atoms with Gasteiger partial charge in [-0.15, -0.1) is 21.5 Å². The second-order valence-electron chi connectivity index (χ2n) is 7.89. The Morgan fingerprint density at radius 1 is 1.00 bits per heavy atom. The van der Waals surface area contributed by atoms with E-state index in [2.05, 4.69) is 20.8 Å². The number of carbonyl (C=O) groups is 2. The summed E-state index contributed by atoms with van der Waals surface area (Å²) in [4.78, 5) is 25.7. The number of carbonyl (C=O) groups excluding carboxylic acids is 2. The first-order valence-electron chi connectivity index (χ1n) is 10.7. The van der Waals surface area contributed by atoms with E-state index in [4.69, 9.17) is 0 Å². The molecule has 0 unspecified atom stereocenters. The van der Waals surface area contributed by atoms with E-state index in [0.29, 0.717) is 15.9 Å². The van der Waals surface area contributed by atoms with E-state index in [1.807, 2.05) is 79.2 Å². The van der Waals surface area contributed by atoms with Crippen molar-refractivity contribution in [3.05, 3.63) is 87.4 Å². The van der Waals surface area contributed by atoms with Gasteiger partial charge in [-0.05, 0) is 67.1 Å². The maximum absolute atomic E-state index is 12.7. The lowest BCUT2D eigenvalue weighted by molar-refractivity contribution is -0.113. The molecule has 0 aliphatic rings. The molecule has 0 atom stereocenters. The maximum atomic E-state index is 12.7. The predicted octanol–water partition coefficient (Wildman–Crippen LogP) is 4.91. The quantitative estimate of drug-likeness (QED) is 0.342. The highest BCUT2D eigenvalue weighted by Gasteiger charge is 2.18. The molecule has 2 N–H and O–H groups in total. The summed E-state index contributed by atoms with van der Waals surface area (Å²) in [5.74, 6) is 0.493. The molecule has 2 aromatic carbocycles. The van der Waals surface area contributed by atoms with Gasteiger partial charge in [-0.3, -0.25) is 14.2 Å². The van der Waals surface area contributed by atoms with Crippen LogP contribution in [0.4, 0.5) is 5.69 Å². The van der Waals surface area contributed by atoms with Gasteiger partial charge in [0.05, 0.1) is 17.2 Å². The van der Waals surface area contributed by atoms with Crippen LogP contribution in [0.3, 0.4) is 0 Å². The molecular weight excluding hydrogens is 466 g/mol. The van der Waals surface area contributed by atoms with Crippen LogP contribution >= 0.6 is 23.1 Å². The first-order valence-corrected chi connectivity index (χ1v) is 12.6. The van der Waals surface area contributed by atoms with Crippen molar-refractivity contribution in [3.63, 3.8) is 0 Å². The van der Waals surface area contributed by atoms with E-state index in [0.717, 1.165) is 28.1 Å². The molecule has 0 saturated carbocycles. The van der Waals surface area contributed by atoms with Crippen molar-refractivity contribution in [2.24, 2.45) is 0 Å². The summed E-state index contributed by atoms with van der Waals surface area (Å²) in [7, 11) is 0. The number of aryl methyl sites for hydroxylation is 3. The molecule has 4 aromatic rings. The van der Waals surface area contributed by atoms with Gasteiger partial charge in [0, 0.05) is 11.4 Å². The Bertz CT molecular complexity index is 1310. The molecule has 2 aromatic heterocycles. The van der Waals surface area contributed by atoms with Crippen molar-refractivity contribution >= 4 is 40.6 Å². The summed E-state index contributed by atoms with van der Waals surface area (Å²) in [5.41, 5.74) is 4.87. The Hall–Kier alpha value is -3.43. The molecule has 0 aliphatic carbocycles. The van der Waals surface area contributed by atoms with Gasteiger partial charge in [-0.1, -0.05) is 42.1 Å². The van der Waals surface area contributed by atoms with E-state index in [1.54, 1.807) is 6.07 Å². The number of hydrogen-bond donors (Lipinski definition) is 2. The van der Waals surface area contributed by atoms with Gasteiger partial charge in [0.25, 0.3) is 5.91 Å². The van der Waals surface area contributed by atoms with Crippen molar-refractivity contribution in [3.8, 4) is 5.69 Å². The van der Waals surface area contributed by atoms with E-state index >= 15 is 0 Å². The minimum absolute atomic E-state index is 0.120. The smallest absolute Gasteiger partial charge is 0.261 e. The minimum Gasteiger partial charge on any atom is -0.344 e. The van der Waals surface area contributed by atoms with E-state index in [-0.39, 0.29) is 24.1 Å². The first-order chi connectivity index (χ1) is 16.4. The molecule has 0 radical (unpaired) electrons. The summed E-state index contributed by atoms with van der Waals surface area (Å²) in [5, 5.41) is 17.0. The summed E-state index contributed by atoms with van der Waals surface area (Å²) in [6.07, 6.45) is 0. The second kappa shape index (κ2) is 10.7. The third kappa shape index (κ3) is 5.73. The van der Waals surface area contributed by atoms with Crippen LogP contribution in [0, 0.1) is 20.8 Å². The molecule has 34 heavy (non-hydrogen) atoms. The number of aromatic nitrogens is 3. The summed E-state index contributed by atoms with van der Waals surface area (Å²) < 4.78 is 1.89. The summed E-state index contributed by atoms with van der Waals surface area (Å²) >= 11 is 2.69. The predicted molar refractivity (Wildman–Crippen MR) is 137 cm³/mol. The van der Waals surface area contributed by atoms with Crippen LogP contribution in [0.2, 0.25) is 0 Å². The third-order valence-electron chi connectivity index (χ3n) is 5.11. The average molecular weight is 492 g/mol. The fraction of sp³-hybridized carbons (Fsp3) is 0.200. The highest BCUT2D eigenvalue weighted by atomic mass is 32.2. The standard InChI is InChI=1S/C25H25N5O2S2/c1-16-6-4-7-19(12-16)30-22(14-26-24(32)21-8-5-11-33-21)28-29-25(30)34-15-23(31)27-20-13-17(2)9-10-18(20)3/h4-13H,14-15H2,1-3H3,(H,26,32)(H,27,31). The maximum Gasteiger partial charge on any atom is 0.261 e. The van der Waals surface area contributed by atoms with Gasteiger partial charge in [0.15, 0.2) is 11.0 Å². The number of nitrogens with zero attached hydrogens (tertiary/aromatic N) is 3. The Morgan fingerprint density at radius 2 is 1.82 bits per heavy atom. The molecule has 0 aliphatic heterocycles. The highest BCUT2D eigenvalue weighted by Crippen LogP contribution is 2.24. The average Bonchev–Trinajstić information content (AvgIpc) is 3.49. The lowest BCUT2D eigenvalue weighted by atomic mass is 10.1. The SMILES string of the molecule is Cc1cccc(-n2c(CNC(=O)c3cccs3)nnc2SCC(=O)Nc2cc(C)ccc2C)c1. The number of rotatable bonds is 8. The number of nitrogens with one attached hydrogen (secondary N) is 2. The van der Waals surface area contributed by atoms with Crippen molar-refractivity contribution in [1.29, 1.82) is 0 Å². The zero-order chi connectivity index (χ0) is 24.1. The first kappa shape index (κ1) is 23.7. The van der Waals surface area contributed by atoms with E-state index in [9.17, 15) is 9.59 Å². The van der Waals surface area contributed by atoms with Crippen LogP contribution in [0.5, 0.6) is 0 Å². The van der Waals surface area contributed by atoms with Gasteiger partial charge in [0.1, 0.15) is 0 Å². The number of thioether (sulfide) groups is 1. The molecular formula is C25H25N5O2S2. The Morgan fingerprint density at radius 3 is 2.59 bits per heavy atom. The zero-order valence-electron chi connectivity index (χ0n) is 19.2. The molecule has 2 amide bonds. The van der Waals surface area contributed by atoms with Crippen LogP contribution in [0.1, 0.15) is 32.2 Å². The molecule has 0 bridgehead atoms. The number of benzene rings is 2. The van der Waals surface area contributed by atoms with Crippen molar-refractivity contribution < 1.29 is 9.59 Å².